The second-order valence-electron chi connectivity index (χ2n) is 7.60. The normalized spacial score (nSPS) is 22.8. The minimum Gasteiger partial charge on any atom is -0.352 e. The zero-order chi connectivity index (χ0) is 19.9. The molecule has 148 valence electrons. The zero-order valence-electron chi connectivity index (χ0n) is 15.6. The maximum Gasteiger partial charge on any atom is 0.251 e. The molecule has 0 unspecified atom stereocenters. The van der Waals surface area contributed by atoms with Crippen LogP contribution in [0.15, 0.2) is 24.3 Å². The Bertz CT molecular complexity index is 858. The average Bonchev–Trinajstić information content (AvgIpc) is 3.06. The highest BCUT2D eigenvalue weighted by Gasteiger charge is 2.50. The Kier molecular flexibility index (Phi) is 5.04. The summed E-state index contributed by atoms with van der Waals surface area (Å²) >= 11 is 0. The molecule has 2 saturated heterocycles. The van der Waals surface area contributed by atoms with Crippen LogP contribution < -0.4 is 9.62 Å². The number of hydrogen-bond donors (Lipinski definition) is 1. The van der Waals surface area contributed by atoms with Crippen molar-refractivity contribution < 1.29 is 27.5 Å². The lowest BCUT2D eigenvalue weighted by atomic mass is 9.95. The number of nitrogens with one attached hydrogen (secondary N) is 1. The third kappa shape index (κ3) is 3.99. The minimum atomic E-state index is -3.76. The van der Waals surface area contributed by atoms with Gasteiger partial charge < -0.3 is 14.8 Å². The summed E-state index contributed by atoms with van der Waals surface area (Å²) in [5.41, 5.74) is -0.542. The van der Waals surface area contributed by atoms with Gasteiger partial charge in [-0.1, -0.05) is 6.07 Å². The highest BCUT2D eigenvalue weighted by molar-refractivity contribution is 7.94. The van der Waals surface area contributed by atoms with E-state index in [1.54, 1.807) is 26.0 Å². The highest BCUT2D eigenvalue weighted by Crippen LogP contribution is 2.35. The molecule has 2 heterocycles. The van der Waals surface area contributed by atoms with Gasteiger partial charge in [-0.3, -0.25) is 9.59 Å². The zero-order valence-corrected chi connectivity index (χ0v) is 16.5. The van der Waals surface area contributed by atoms with Gasteiger partial charge in [0.1, 0.15) is 0 Å². The van der Waals surface area contributed by atoms with Crippen LogP contribution in [0.25, 0.3) is 0 Å². The van der Waals surface area contributed by atoms with Gasteiger partial charge in [0.2, 0.25) is 15.9 Å². The molecule has 2 aliphatic heterocycles. The summed E-state index contributed by atoms with van der Waals surface area (Å²) < 4.78 is 36.6. The van der Waals surface area contributed by atoms with Crippen molar-refractivity contribution in [2.24, 2.45) is 5.41 Å². The first kappa shape index (κ1) is 19.8. The number of hydrogen-bond acceptors (Lipinski definition) is 6. The molecule has 0 spiro atoms. The van der Waals surface area contributed by atoms with Gasteiger partial charge in [0, 0.05) is 18.5 Å². The fraction of sp³-hybridized carbons (Fsp3) is 0.556. The van der Waals surface area contributed by atoms with Crippen LogP contribution in [0.5, 0.6) is 0 Å². The summed E-state index contributed by atoms with van der Waals surface area (Å²) in [7, 11) is -3.76. The van der Waals surface area contributed by atoms with Crippen LogP contribution in [0.2, 0.25) is 0 Å². The van der Waals surface area contributed by atoms with E-state index in [2.05, 4.69) is 5.32 Å². The van der Waals surface area contributed by atoms with Crippen LogP contribution in [-0.4, -0.2) is 51.5 Å². The summed E-state index contributed by atoms with van der Waals surface area (Å²) in [6.07, 6.45) is 0.492. The molecule has 0 radical (unpaired) electrons. The SMILES string of the molecule is CC1(CCNC(=O)c2cccc(N3C(=O)C(C)(C)CS3(=O)=O)c2)OCCO1. The molecule has 8 nitrogen and oxygen atoms in total. The van der Waals surface area contributed by atoms with E-state index in [9.17, 15) is 18.0 Å². The van der Waals surface area contributed by atoms with Gasteiger partial charge in [-0.25, -0.2) is 12.7 Å². The smallest absolute Gasteiger partial charge is 0.251 e. The number of ether oxygens (including phenoxy) is 2. The van der Waals surface area contributed by atoms with Crippen LogP contribution in [-0.2, 0) is 24.3 Å². The molecule has 0 bridgehead atoms. The molecule has 2 aliphatic rings. The number of nitrogens with zero attached hydrogens (tertiary/aromatic N) is 1. The van der Waals surface area contributed by atoms with E-state index < -0.39 is 27.1 Å². The van der Waals surface area contributed by atoms with Crippen LogP contribution >= 0.6 is 0 Å². The van der Waals surface area contributed by atoms with Gasteiger partial charge in [-0.15, -0.1) is 0 Å². The molecule has 2 fully saturated rings. The van der Waals surface area contributed by atoms with Gasteiger partial charge in [0.05, 0.1) is 30.1 Å². The van der Waals surface area contributed by atoms with Crippen molar-refractivity contribution >= 4 is 27.5 Å². The third-order valence-corrected chi connectivity index (χ3v) is 6.71. The number of carbonyl (C=O) groups excluding carboxylic acids is 2. The maximum atomic E-state index is 12.5. The van der Waals surface area contributed by atoms with Gasteiger partial charge in [-0.2, -0.15) is 0 Å². The van der Waals surface area contributed by atoms with Crippen molar-refractivity contribution in [1.29, 1.82) is 0 Å². The standard InChI is InChI=1S/C18H24N2O6S/c1-17(2)12-27(23,24)20(16(17)22)14-6-4-5-13(11-14)15(21)19-8-7-18(3)25-9-10-26-18/h4-6,11H,7-10,12H2,1-3H3,(H,19,21). The predicted molar refractivity (Wildman–Crippen MR) is 98.8 cm³/mol. The number of benzene rings is 1. The Morgan fingerprint density at radius 1 is 1.22 bits per heavy atom. The lowest BCUT2D eigenvalue weighted by molar-refractivity contribution is -0.145. The monoisotopic (exact) mass is 396 g/mol. The molecule has 9 heteroatoms. The molecule has 0 aromatic heterocycles. The van der Waals surface area contributed by atoms with Crippen molar-refractivity contribution in [3.63, 3.8) is 0 Å². The fourth-order valence-corrected chi connectivity index (χ4v) is 5.34. The van der Waals surface area contributed by atoms with Crippen LogP contribution in [0.4, 0.5) is 5.69 Å². The van der Waals surface area contributed by atoms with E-state index in [4.69, 9.17) is 9.47 Å². The number of sulfonamides is 1. The van der Waals surface area contributed by atoms with Crippen molar-refractivity contribution in [3.8, 4) is 0 Å². The van der Waals surface area contributed by atoms with E-state index in [0.717, 1.165) is 4.31 Å². The van der Waals surface area contributed by atoms with Crippen LogP contribution in [0.1, 0.15) is 37.6 Å². The Balaban J connectivity index is 1.72. The first-order chi connectivity index (χ1) is 12.5. The number of carbonyl (C=O) groups is 2. The van der Waals surface area contributed by atoms with Crippen molar-refractivity contribution in [1.82, 2.24) is 5.32 Å². The van der Waals surface area contributed by atoms with Crippen molar-refractivity contribution in [3.05, 3.63) is 29.8 Å². The molecule has 2 amide bonds. The lowest BCUT2D eigenvalue weighted by Crippen LogP contribution is -2.34. The van der Waals surface area contributed by atoms with Crippen LogP contribution in [0.3, 0.4) is 0 Å². The van der Waals surface area contributed by atoms with E-state index in [1.165, 1.54) is 12.1 Å². The molecule has 0 aliphatic carbocycles. The molecule has 27 heavy (non-hydrogen) atoms. The molecule has 0 atom stereocenters. The molecular formula is C18H24N2O6S. The molecule has 1 aromatic rings. The van der Waals surface area contributed by atoms with E-state index in [-0.39, 0.29) is 22.9 Å². The largest absolute Gasteiger partial charge is 0.352 e. The van der Waals surface area contributed by atoms with E-state index in [0.29, 0.717) is 26.2 Å². The Morgan fingerprint density at radius 2 is 1.89 bits per heavy atom. The van der Waals surface area contributed by atoms with Gasteiger partial charge in [0.15, 0.2) is 5.79 Å². The Morgan fingerprint density at radius 3 is 2.48 bits per heavy atom. The summed E-state index contributed by atoms with van der Waals surface area (Å²) in [6, 6.07) is 6.05. The predicted octanol–water partition coefficient (Wildman–Crippen LogP) is 1.27. The maximum absolute atomic E-state index is 12.5. The van der Waals surface area contributed by atoms with Gasteiger partial charge >= 0.3 is 0 Å². The number of rotatable bonds is 5. The molecule has 1 aromatic carbocycles. The Labute approximate surface area is 158 Å². The summed E-state index contributed by atoms with van der Waals surface area (Å²) in [5.74, 6) is -1.81. The van der Waals surface area contributed by atoms with Crippen molar-refractivity contribution in [2.75, 3.05) is 29.8 Å². The fourth-order valence-electron chi connectivity index (χ4n) is 3.24. The summed E-state index contributed by atoms with van der Waals surface area (Å²) in [6.45, 7) is 6.41. The second kappa shape index (κ2) is 6.88. The first-order valence-corrected chi connectivity index (χ1v) is 10.4. The van der Waals surface area contributed by atoms with Gasteiger partial charge in [0.25, 0.3) is 5.91 Å². The number of anilines is 1. The minimum absolute atomic E-state index is 0.174. The first-order valence-electron chi connectivity index (χ1n) is 8.78. The lowest BCUT2D eigenvalue weighted by Gasteiger charge is -2.22. The molecule has 0 saturated carbocycles. The Hall–Kier alpha value is -1.97. The van der Waals surface area contributed by atoms with Crippen LogP contribution in [0, 0.1) is 5.41 Å². The van der Waals surface area contributed by atoms with E-state index in [1.807, 2.05) is 6.92 Å². The number of amides is 2. The van der Waals surface area contributed by atoms with E-state index >= 15 is 0 Å². The summed E-state index contributed by atoms with van der Waals surface area (Å²) in [5, 5.41) is 2.77. The summed E-state index contributed by atoms with van der Waals surface area (Å²) in [4.78, 5) is 24.9. The van der Waals surface area contributed by atoms with Crippen molar-refractivity contribution in [2.45, 2.75) is 33.0 Å². The molecule has 1 N–H and O–H groups in total. The topological polar surface area (TPSA) is 102 Å². The molecule has 3 rings (SSSR count). The third-order valence-electron chi connectivity index (χ3n) is 4.69. The highest BCUT2D eigenvalue weighted by atomic mass is 32.2. The second-order valence-corrected chi connectivity index (χ2v) is 9.41. The van der Waals surface area contributed by atoms with Gasteiger partial charge in [-0.05, 0) is 39.0 Å². The molecular weight excluding hydrogens is 372 g/mol. The quantitative estimate of drug-likeness (QED) is 0.804. The average molecular weight is 396 g/mol.